The molecule has 1 aromatic carbocycles. The first-order valence-corrected chi connectivity index (χ1v) is 11.5. The molecule has 1 atom stereocenters. The van der Waals surface area contributed by atoms with Crippen molar-refractivity contribution in [2.75, 3.05) is 0 Å². The van der Waals surface area contributed by atoms with Crippen LogP contribution in [0.3, 0.4) is 0 Å². The van der Waals surface area contributed by atoms with Crippen molar-refractivity contribution in [3.05, 3.63) is 35.4 Å². The first-order valence-electron chi connectivity index (χ1n) is 11.5. The van der Waals surface area contributed by atoms with Crippen molar-refractivity contribution in [1.82, 2.24) is 10.2 Å². The second-order valence-corrected chi connectivity index (χ2v) is 11.8. The average molecular weight is 413 g/mol. The van der Waals surface area contributed by atoms with Crippen LogP contribution in [0, 0.1) is 23.7 Å². The predicted octanol–water partition coefficient (Wildman–Crippen LogP) is 5.75. The highest BCUT2D eigenvalue weighted by atomic mass is 16.2. The molecule has 1 saturated carbocycles. The summed E-state index contributed by atoms with van der Waals surface area (Å²) in [5, 5.41) is 3.14. The van der Waals surface area contributed by atoms with Crippen LogP contribution in [0.4, 0.5) is 0 Å². The monoisotopic (exact) mass is 412 g/mol. The van der Waals surface area contributed by atoms with Gasteiger partial charge in [-0.2, -0.15) is 0 Å². The van der Waals surface area contributed by atoms with Crippen LogP contribution in [0.2, 0.25) is 0 Å². The molecule has 1 aliphatic carbocycles. The average Bonchev–Trinajstić information content (AvgIpc) is 2.86. The Bertz CT molecular complexity index is 775. The van der Waals surface area contributed by atoms with Gasteiger partial charge in [0.15, 0.2) is 0 Å². The van der Waals surface area contributed by atoms with Crippen LogP contribution in [0.15, 0.2) is 24.3 Å². The minimum atomic E-state index is -0.538. The Hall–Kier alpha value is -1.84. The molecular formula is C26H40N2O2. The Morgan fingerprint density at radius 3 is 2.10 bits per heavy atom. The molecule has 1 saturated heterocycles. The van der Waals surface area contributed by atoms with E-state index in [2.05, 4.69) is 78.0 Å². The molecule has 1 aliphatic heterocycles. The third kappa shape index (κ3) is 4.73. The Morgan fingerprint density at radius 1 is 1.03 bits per heavy atom. The molecule has 0 bridgehead atoms. The van der Waals surface area contributed by atoms with Crippen LogP contribution in [0.5, 0.6) is 0 Å². The van der Waals surface area contributed by atoms with Gasteiger partial charge in [0.25, 0.3) is 0 Å². The molecule has 4 nitrogen and oxygen atoms in total. The van der Waals surface area contributed by atoms with Crippen molar-refractivity contribution in [3.8, 4) is 0 Å². The number of hydrogen-bond acceptors (Lipinski definition) is 2. The number of benzene rings is 1. The van der Waals surface area contributed by atoms with Crippen LogP contribution >= 0.6 is 0 Å². The van der Waals surface area contributed by atoms with Crippen LogP contribution in [-0.2, 0) is 9.59 Å². The molecular weight excluding hydrogens is 372 g/mol. The molecule has 1 N–H and O–H groups in total. The SMILES string of the molecule is Cc1ccc(C(CCC(C)(C)C)N2C(=O)C(=O)NC23CCC(C(C)(C)C)CC3)cc1. The predicted molar refractivity (Wildman–Crippen MR) is 122 cm³/mol. The van der Waals surface area contributed by atoms with Gasteiger partial charge < -0.3 is 10.2 Å². The lowest BCUT2D eigenvalue weighted by Gasteiger charge is -2.48. The van der Waals surface area contributed by atoms with Crippen molar-refractivity contribution >= 4 is 11.8 Å². The van der Waals surface area contributed by atoms with E-state index in [1.165, 1.54) is 5.56 Å². The fourth-order valence-electron chi connectivity index (χ4n) is 5.20. The molecule has 0 aromatic heterocycles. The van der Waals surface area contributed by atoms with Crippen molar-refractivity contribution in [2.45, 2.75) is 98.7 Å². The molecule has 166 valence electrons. The van der Waals surface area contributed by atoms with Crippen LogP contribution in [-0.4, -0.2) is 22.4 Å². The molecule has 4 heteroatoms. The number of nitrogens with zero attached hydrogens (tertiary/aromatic N) is 1. The molecule has 1 aromatic rings. The van der Waals surface area contributed by atoms with Crippen LogP contribution in [0.1, 0.15) is 97.2 Å². The second kappa shape index (κ2) is 8.01. The van der Waals surface area contributed by atoms with E-state index in [4.69, 9.17) is 0 Å². The van der Waals surface area contributed by atoms with Gasteiger partial charge in [-0.05, 0) is 67.8 Å². The zero-order chi connectivity index (χ0) is 22.3. The number of rotatable bonds is 4. The van der Waals surface area contributed by atoms with Gasteiger partial charge in [0.2, 0.25) is 0 Å². The first kappa shape index (κ1) is 22.8. The number of aryl methyl sites for hydroxylation is 1. The minimum Gasteiger partial charge on any atom is -0.325 e. The lowest BCUT2D eigenvalue weighted by atomic mass is 9.69. The molecule has 2 fully saturated rings. The maximum atomic E-state index is 13.2. The second-order valence-electron chi connectivity index (χ2n) is 11.8. The molecule has 0 radical (unpaired) electrons. The van der Waals surface area contributed by atoms with Gasteiger partial charge >= 0.3 is 11.8 Å². The van der Waals surface area contributed by atoms with Gasteiger partial charge in [0.05, 0.1) is 6.04 Å². The quantitative estimate of drug-likeness (QED) is 0.640. The van der Waals surface area contributed by atoms with Gasteiger partial charge in [-0.1, -0.05) is 71.4 Å². The number of carbonyl (C=O) groups is 2. The van der Waals surface area contributed by atoms with E-state index in [-0.39, 0.29) is 22.8 Å². The van der Waals surface area contributed by atoms with Gasteiger partial charge in [-0.15, -0.1) is 0 Å². The molecule has 2 aliphatic rings. The molecule has 1 spiro atoms. The van der Waals surface area contributed by atoms with Crippen LogP contribution in [0.25, 0.3) is 0 Å². The minimum absolute atomic E-state index is 0.0811. The summed E-state index contributed by atoms with van der Waals surface area (Å²) in [7, 11) is 0. The molecule has 1 heterocycles. The first-order chi connectivity index (χ1) is 13.8. The highest BCUT2D eigenvalue weighted by Gasteiger charge is 2.54. The zero-order valence-corrected chi connectivity index (χ0v) is 20.0. The number of nitrogens with one attached hydrogen (secondary N) is 1. The van der Waals surface area contributed by atoms with Gasteiger partial charge in [-0.3, -0.25) is 9.59 Å². The van der Waals surface area contributed by atoms with Crippen molar-refractivity contribution in [3.63, 3.8) is 0 Å². The summed E-state index contributed by atoms with van der Waals surface area (Å²) in [6.45, 7) is 15.7. The highest BCUT2D eigenvalue weighted by Crippen LogP contribution is 2.47. The summed E-state index contributed by atoms with van der Waals surface area (Å²) in [6, 6.07) is 8.40. The smallest absolute Gasteiger partial charge is 0.314 e. The summed E-state index contributed by atoms with van der Waals surface area (Å²) in [4.78, 5) is 27.7. The lowest BCUT2D eigenvalue weighted by molar-refractivity contribution is -0.144. The third-order valence-electron chi connectivity index (χ3n) is 7.20. The van der Waals surface area contributed by atoms with E-state index >= 15 is 0 Å². The Morgan fingerprint density at radius 2 is 1.60 bits per heavy atom. The molecule has 2 amide bonds. The van der Waals surface area contributed by atoms with Crippen molar-refractivity contribution in [2.24, 2.45) is 16.7 Å². The van der Waals surface area contributed by atoms with Crippen LogP contribution < -0.4 is 5.32 Å². The third-order valence-corrected chi connectivity index (χ3v) is 7.20. The standard InChI is InChI=1S/C26H40N2O2/c1-18-8-10-19(11-9-18)21(14-15-24(2,3)4)28-23(30)22(29)27-26(28)16-12-20(13-17-26)25(5,6)7/h8-11,20-21H,12-17H2,1-7H3,(H,27,29). The fourth-order valence-corrected chi connectivity index (χ4v) is 5.20. The van der Waals surface area contributed by atoms with E-state index in [0.717, 1.165) is 44.1 Å². The highest BCUT2D eigenvalue weighted by molar-refractivity contribution is 6.37. The number of hydrogen-bond donors (Lipinski definition) is 1. The van der Waals surface area contributed by atoms with E-state index in [1.54, 1.807) is 0 Å². The van der Waals surface area contributed by atoms with E-state index in [0.29, 0.717) is 5.92 Å². The summed E-state index contributed by atoms with van der Waals surface area (Å²) in [6.07, 6.45) is 5.59. The van der Waals surface area contributed by atoms with E-state index in [9.17, 15) is 9.59 Å². The molecule has 3 rings (SSSR count). The fraction of sp³-hybridized carbons (Fsp3) is 0.692. The summed E-state index contributed by atoms with van der Waals surface area (Å²) in [5.74, 6) is -0.175. The van der Waals surface area contributed by atoms with Gasteiger partial charge in [0.1, 0.15) is 5.66 Å². The maximum Gasteiger partial charge on any atom is 0.314 e. The Balaban J connectivity index is 1.95. The Kier molecular flexibility index (Phi) is 6.10. The normalized spacial score (nSPS) is 26.2. The number of carbonyl (C=O) groups excluding carboxylic acids is 2. The largest absolute Gasteiger partial charge is 0.325 e. The zero-order valence-electron chi connectivity index (χ0n) is 20.0. The maximum absolute atomic E-state index is 13.2. The molecule has 1 unspecified atom stereocenters. The van der Waals surface area contributed by atoms with E-state index < -0.39 is 11.6 Å². The summed E-state index contributed by atoms with van der Waals surface area (Å²) in [5.41, 5.74) is 2.22. The topological polar surface area (TPSA) is 49.4 Å². The summed E-state index contributed by atoms with van der Waals surface area (Å²) < 4.78 is 0. The summed E-state index contributed by atoms with van der Waals surface area (Å²) >= 11 is 0. The number of amides is 2. The Labute approximate surface area is 182 Å². The lowest BCUT2D eigenvalue weighted by Crippen LogP contribution is -2.56. The van der Waals surface area contributed by atoms with Crippen molar-refractivity contribution < 1.29 is 9.59 Å². The van der Waals surface area contributed by atoms with Crippen molar-refractivity contribution in [1.29, 1.82) is 0 Å². The van der Waals surface area contributed by atoms with E-state index in [1.807, 2.05) is 4.90 Å². The van der Waals surface area contributed by atoms with Gasteiger partial charge in [0, 0.05) is 0 Å². The van der Waals surface area contributed by atoms with Gasteiger partial charge in [-0.25, -0.2) is 0 Å². The molecule has 30 heavy (non-hydrogen) atoms.